The van der Waals surface area contributed by atoms with Gasteiger partial charge in [-0.25, -0.2) is 9.97 Å². The van der Waals surface area contributed by atoms with E-state index in [9.17, 15) is 0 Å². The lowest BCUT2D eigenvalue weighted by atomic mass is 10.2. The highest BCUT2D eigenvalue weighted by molar-refractivity contribution is 9.10. The van der Waals surface area contributed by atoms with Crippen molar-refractivity contribution in [1.82, 2.24) is 9.97 Å². The Morgan fingerprint density at radius 1 is 1.33 bits per heavy atom. The first-order valence-electron chi connectivity index (χ1n) is 4.86. The van der Waals surface area contributed by atoms with Gasteiger partial charge in [0.05, 0.1) is 6.61 Å². The fraction of sp³-hybridized carbons (Fsp3) is 0.600. The summed E-state index contributed by atoms with van der Waals surface area (Å²) in [5.41, 5.74) is 0. The molecule has 84 valence electrons. The number of hydrogen-bond acceptors (Lipinski definition) is 4. The van der Waals surface area contributed by atoms with Crippen LogP contribution in [0.5, 0.6) is 5.88 Å². The van der Waals surface area contributed by atoms with Crippen LogP contribution in [0.4, 0.5) is 0 Å². The Bertz CT molecular complexity index is 295. The molecule has 4 nitrogen and oxygen atoms in total. The third-order valence-electron chi connectivity index (χ3n) is 1.54. The minimum atomic E-state index is 0.510. The van der Waals surface area contributed by atoms with Crippen LogP contribution in [-0.2, 0) is 4.74 Å². The van der Waals surface area contributed by atoms with Crippen LogP contribution in [0.2, 0.25) is 0 Å². The fourth-order valence-electron chi connectivity index (χ4n) is 0.920. The number of ether oxygens (including phenoxy) is 2. The van der Waals surface area contributed by atoms with E-state index in [2.05, 4.69) is 39.7 Å². The normalized spacial score (nSPS) is 10.7. The topological polar surface area (TPSA) is 44.2 Å². The second-order valence-corrected chi connectivity index (χ2v) is 4.31. The third kappa shape index (κ3) is 5.69. The van der Waals surface area contributed by atoms with Gasteiger partial charge in [0.15, 0.2) is 0 Å². The molecule has 5 heteroatoms. The summed E-state index contributed by atoms with van der Waals surface area (Å²) in [5.74, 6) is 1.11. The quantitative estimate of drug-likeness (QED) is 0.590. The van der Waals surface area contributed by atoms with Crippen LogP contribution in [0.15, 0.2) is 17.0 Å². The summed E-state index contributed by atoms with van der Waals surface area (Å²) in [6.45, 7) is 6.08. The van der Waals surface area contributed by atoms with Crippen molar-refractivity contribution in [2.45, 2.75) is 13.8 Å². The monoisotopic (exact) mass is 274 g/mol. The summed E-state index contributed by atoms with van der Waals surface area (Å²) >= 11 is 3.24. The Balaban J connectivity index is 2.15. The molecule has 0 unspecified atom stereocenters. The molecular formula is C10H15BrN2O2. The second-order valence-electron chi connectivity index (χ2n) is 3.50. The average molecular weight is 275 g/mol. The van der Waals surface area contributed by atoms with E-state index < -0.39 is 0 Å². The van der Waals surface area contributed by atoms with Crippen molar-refractivity contribution in [2.75, 3.05) is 19.8 Å². The standard InChI is InChI=1S/C10H15BrN2O2/c1-8(2)6-14-3-4-15-10-5-9(11)12-7-13-10/h5,7-8H,3-4,6H2,1-2H3. The fourth-order valence-corrected chi connectivity index (χ4v) is 1.21. The Kier molecular flexibility index (Phi) is 5.57. The molecule has 1 rings (SSSR count). The summed E-state index contributed by atoms with van der Waals surface area (Å²) in [5, 5.41) is 0. The van der Waals surface area contributed by atoms with Crippen molar-refractivity contribution < 1.29 is 9.47 Å². The number of halogens is 1. The molecule has 0 amide bonds. The van der Waals surface area contributed by atoms with Crippen LogP contribution < -0.4 is 4.74 Å². The van der Waals surface area contributed by atoms with Crippen LogP contribution in [0, 0.1) is 5.92 Å². The minimum absolute atomic E-state index is 0.510. The Morgan fingerprint density at radius 2 is 2.13 bits per heavy atom. The zero-order valence-electron chi connectivity index (χ0n) is 8.94. The van der Waals surface area contributed by atoms with E-state index >= 15 is 0 Å². The van der Waals surface area contributed by atoms with Gasteiger partial charge in [0, 0.05) is 12.7 Å². The van der Waals surface area contributed by atoms with E-state index in [4.69, 9.17) is 9.47 Å². The van der Waals surface area contributed by atoms with Gasteiger partial charge < -0.3 is 9.47 Å². The first-order chi connectivity index (χ1) is 7.18. The Morgan fingerprint density at radius 3 is 2.80 bits per heavy atom. The maximum atomic E-state index is 5.37. The SMILES string of the molecule is CC(C)COCCOc1cc(Br)ncn1. The molecule has 0 aliphatic rings. The molecule has 1 heterocycles. The van der Waals surface area contributed by atoms with Crippen molar-refractivity contribution in [3.05, 3.63) is 17.0 Å². The largest absolute Gasteiger partial charge is 0.475 e. The van der Waals surface area contributed by atoms with E-state index in [-0.39, 0.29) is 0 Å². The maximum Gasteiger partial charge on any atom is 0.217 e. The van der Waals surface area contributed by atoms with Crippen molar-refractivity contribution in [3.63, 3.8) is 0 Å². The van der Waals surface area contributed by atoms with Crippen LogP contribution in [0.25, 0.3) is 0 Å². The molecule has 0 N–H and O–H groups in total. The highest BCUT2D eigenvalue weighted by Gasteiger charge is 1.97. The molecule has 0 aromatic carbocycles. The van der Waals surface area contributed by atoms with Crippen molar-refractivity contribution in [3.8, 4) is 5.88 Å². The lowest BCUT2D eigenvalue weighted by Crippen LogP contribution is -2.10. The highest BCUT2D eigenvalue weighted by atomic mass is 79.9. The van der Waals surface area contributed by atoms with Gasteiger partial charge in [0.1, 0.15) is 17.5 Å². The van der Waals surface area contributed by atoms with E-state index in [0.29, 0.717) is 25.0 Å². The van der Waals surface area contributed by atoms with Crippen molar-refractivity contribution in [1.29, 1.82) is 0 Å². The number of rotatable bonds is 6. The predicted molar refractivity (Wildman–Crippen MR) is 60.9 cm³/mol. The van der Waals surface area contributed by atoms with Gasteiger partial charge in [0.2, 0.25) is 5.88 Å². The summed E-state index contributed by atoms with van der Waals surface area (Å²) in [7, 11) is 0. The molecular weight excluding hydrogens is 260 g/mol. The molecule has 0 saturated carbocycles. The Hall–Kier alpha value is -0.680. The van der Waals surface area contributed by atoms with E-state index in [1.165, 1.54) is 6.33 Å². The van der Waals surface area contributed by atoms with Gasteiger partial charge in [-0.3, -0.25) is 0 Å². The van der Waals surface area contributed by atoms with Gasteiger partial charge in [-0.2, -0.15) is 0 Å². The van der Waals surface area contributed by atoms with Crippen molar-refractivity contribution in [2.24, 2.45) is 5.92 Å². The summed E-state index contributed by atoms with van der Waals surface area (Å²) in [4.78, 5) is 7.86. The van der Waals surface area contributed by atoms with Crippen molar-refractivity contribution >= 4 is 15.9 Å². The molecule has 1 aromatic heterocycles. The first-order valence-corrected chi connectivity index (χ1v) is 5.66. The van der Waals surface area contributed by atoms with Gasteiger partial charge >= 0.3 is 0 Å². The molecule has 0 radical (unpaired) electrons. The number of nitrogens with zero attached hydrogens (tertiary/aromatic N) is 2. The lowest BCUT2D eigenvalue weighted by molar-refractivity contribution is 0.0805. The lowest BCUT2D eigenvalue weighted by Gasteiger charge is -2.07. The van der Waals surface area contributed by atoms with Crippen LogP contribution >= 0.6 is 15.9 Å². The first kappa shape index (κ1) is 12.4. The van der Waals surface area contributed by atoms with Crippen LogP contribution in [0.1, 0.15) is 13.8 Å². The molecule has 0 saturated heterocycles. The van der Waals surface area contributed by atoms with Gasteiger partial charge in [0.25, 0.3) is 0 Å². The van der Waals surface area contributed by atoms with Crippen LogP contribution in [-0.4, -0.2) is 29.8 Å². The van der Waals surface area contributed by atoms with E-state index in [1.807, 2.05) is 0 Å². The maximum absolute atomic E-state index is 5.37. The third-order valence-corrected chi connectivity index (χ3v) is 1.97. The molecule has 0 spiro atoms. The average Bonchev–Trinajstić information content (AvgIpc) is 2.17. The molecule has 0 aliphatic heterocycles. The molecule has 0 aliphatic carbocycles. The minimum Gasteiger partial charge on any atom is -0.475 e. The zero-order valence-corrected chi connectivity index (χ0v) is 10.5. The summed E-state index contributed by atoms with van der Waals surface area (Å²) in [6.07, 6.45) is 1.45. The van der Waals surface area contributed by atoms with Gasteiger partial charge in [-0.05, 0) is 21.8 Å². The summed E-state index contributed by atoms with van der Waals surface area (Å²) in [6, 6.07) is 1.72. The molecule has 1 aromatic rings. The second kappa shape index (κ2) is 6.74. The highest BCUT2D eigenvalue weighted by Crippen LogP contribution is 2.11. The Labute approximate surface area is 98.2 Å². The van der Waals surface area contributed by atoms with Crippen LogP contribution in [0.3, 0.4) is 0 Å². The van der Waals surface area contributed by atoms with Gasteiger partial charge in [-0.1, -0.05) is 13.8 Å². The van der Waals surface area contributed by atoms with E-state index in [1.54, 1.807) is 6.07 Å². The summed E-state index contributed by atoms with van der Waals surface area (Å²) < 4.78 is 11.4. The number of hydrogen-bond donors (Lipinski definition) is 0. The smallest absolute Gasteiger partial charge is 0.217 e. The van der Waals surface area contributed by atoms with Gasteiger partial charge in [-0.15, -0.1) is 0 Å². The number of aromatic nitrogens is 2. The zero-order chi connectivity index (χ0) is 11.1. The predicted octanol–water partition coefficient (Wildman–Crippen LogP) is 2.29. The molecule has 15 heavy (non-hydrogen) atoms. The molecule has 0 atom stereocenters. The molecule has 0 bridgehead atoms. The van der Waals surface area contributed by atoms with E-state index in [0.717, 1.165) is 11.2 Å². The molecule has 0 fully saturated rings.